The lowest BCUT2D eigenvalue weighted by Crippen LogP contribution is -2.59. The van der Waals surface area contributed by atoms with Crippen LogP contribution in [-0.2, 0) is 15.9 Å². The average molecular weight is 583 g/mol. The lowest BCUT2D eigenvalue weighted by atomic mass is 9.66. The average Bonchev–Trinajstić information content (AvgIpc) is 2.98. The van der Waals surface area contributed by atoms with Crippen molar-refractivity contribution in [2.75, 3.05) is 48.3 Å². The second-order valence-electron chi connectivity index (χ2n) is 10.1. The van der Waals surface area contributed by atoms with Gasteiger partial charge in [0, 0.05) is 18.1 Å². The lowest BCUT2D eigenvalue weighted by Gasteiger charge is -2.43. The van der Waals surface area contributed by atoms with E-state index < -0.39 is 55.1 Å². The summed E-state index contributed by atoms with van der Waals surface area (Å²) in [6.45, 7) is -1.02. The SMILES string of the molecule is COc1cc([C@@H]2c3c(cc(OC)c(O)c3OC)C[C@H](CO)[C@@H]2COC2OC(CO)C(O)C(O)C2O)cc(OC)c1O. The highest BCUT2D eigenvalue weighted by atomic mass is 16.7. The first kappa shape index (κ1) is 30.9. The molecule has 0 saturated carbocycles. The van der Waals surface area contributed by atoms with E-state index in [-0.39, 0.29) is 47.7 Å². The largest absolute Gasteiger partial charge is 0.502 e. The van der Waals surface area contributed by atoms with Crippen LogP contribution < -0.4 is 18.9 Å². The molecule has 0 amide bonds. The molecule has 0 bridgehead atoms. The van der Waals surface area contributed by atoms with E-state index in [0.717, 1.165) is 5.56 Å². The molecule has 2 aromatic carbocycles. The Kier molecular flexibility index (Phi) is 9.70. The van der Waals surface area contributed by atoms with Gasteiger partial charge >= 0.3 is 0 Å². The maximum atomic E-state index is 11.0. The van der Waals surface area contributed by atoms with Crippen LogP contribution in [0.1, 0.15) is 22.6 Å². The first-order chi connectivity index (χ1) is 19.6. The van der Waals surface area contributed by atoms with Gasteiger partial charge < -0.3 is 64.2 Å². The number of benzene rings is 2. The number of hydrogen-bond acceptors (Lipinski definition) is 13. The van der Waals surface area contributed by atoms with Crippen molar-refractivity contribution in [2.24, 2.45) is 11.8 Å². The third kappa shape index (κ3) is 5.58. The quantitative estimate of drug-likeness (QED) is 0.196. The van der Waals surface area contributed by atoms with E-state index in [9.17, 15) is 35.7 Å². The Labute approximate surface area is 237 Å². The Morgan fingerprint density at radius 1 is 0.780 bits per heavy atom. The number of hydrogen-bond donors (Lipinski definition) is 7. The molecule has 0 radical (unpaired) electrons. The van der Waals surface area contributed by atoms with Gasteiger partial charge in [0.15, 0.2) is 29.3 Å². The molecule has 41 heavy (non-hydrogen) atoms. The van der Waals surface area contributed by atoms with E-state index in [1.54, 1.807) is 18.2 Å². The second-order valence-corrected chi connectivity index (χ2v) is 10.1. The van der Waals surface area contributed by atoms with E-state index in [1.807, 2.05) is 0 Å². The smallest absolute Gasteiger partial charge is 0.201 e. The number of rotatable bonds is 10. The Morgan fingerprint density at radius 2 is 1.39 bits per heavy atom. The maximum absolute atomic E-state index is 11.0. The van der Waals surface area contributed by atoms with E-state index in [1.165, 1.54) is 28.4 Å². The van der Waals surface area contributed by atoms with Crippen molar-refractivity contribution in [1.82, 2.24) is 0 Å². The summed E-state index contributed by atoms with van der Waals surface area (Å²) in [5.41, 5.74) is 1.88. The monoisotopic (exact) mass is 582 g/mol. The van der Waals surface area contributed by atoms with E-state index >= 15 is 0 Å². The van der Waals surface area contributed by atoms with Gasteiger partial charge in [-0.3, -0.25) is 0 Å². The zero-order chi connectivity index (χ0) is 30.0. The van der Waals surface area contributed by atoms with Crippen molar-refractivity contribution in [1.29, 1.82) is 0 Å². The lowest BCUT2D eigenvalue weighted by molar-refractivity contribution is -0.304. The predicted molar refractivity (Wildman–Crippen MR) is 142 cm³/mol. The highest BCUT2D eigenvalue weighted by Gasteiger charge is 2.46. The number of aliphatic hydroxyl groups excluding tert-OH is 5. The Bertz CT molecular complexity index is 1180. The fraction of sp³-hybridized carbons (Fsp3) is 0.571. The zero-order valence-corrected chi connectivity index (χ0v) is 23.3. The molecule has 0 aromatic heterocycles. The molecule has 7 N–H and O–H groups in total. The molecule has 4 rings (SSSR count). The summed E-state index contributed by atoms with van der Waals surface area (Å²) < 4.78 is 33.3. The molecule has 13 heteroatoms. The van der Waals surface area contributed by atoms with Gasteiger partial charge in [-0.25, -0.2) is 0 Å². The highest BCUT2D eigenvalue weighted by molar-refractivity contribution is 5.64. The van der Waals surface area contributed by atoms with Gasteiger partial charge in [-0.05, 0) is 47.6 Å². The molecule has 13 nitrogen and oxygen atoms in total. The molecule has 228 valence electrons. The van der Waals surface area contributed by atoms with Crippen LogP contribution in [0, 0.1) is 11.8 Å². The summed E-state index contributed by atoms with van der Waals surface area (Å²) in [7, 11) is 5.60. The molecule has 5 unspecified atom stereocenters. The Hall–Kier alpha value is -3.04. The summed E-state index contributed by atoms with van der Waals surface area (Å²) in [5, 5.41) is 72.6. The molecule has 1 fully saturated rings. The van der Waals surface area contributed by atoms with Crippen LogP contribution in [0.25, 0.3) is 0 Å². The van der Waals surface area contributed by atoms with Crippen LogP contribution in [0.4, 0.5) is 0 Å². The third-order valence-corrected chi connectivity index (χ3v) is 7.99. The van der Waals surface area contributed by atoms with E-state index in [4.69, 9.17) is 28.4 Å². The summed E-state index contributed by atoms with van der Waals surface area (Å²) in [4.78, 5) is 0. The van der Waals surface area contributed by atoms with Gasteiger partial charge in [0.1, 0.15) is 24.4 Å². The van der Waals surface area contributed by atoms with E-state index in [0.29, 0.717) is 17.5 Å². The molecule has 1 aliphatic carbocycles. The molecule has 2 aliphatic rings. The van der Waals surface area contributed by atoms with E-state index in [2.05, 4.69) is 0 Å². The molecule has 0 spiro atoms. The van der Waals surface area contributed by atoms with Crippen LogP contribution in [0.2, 0.25) is 0 Å². The summed E-state index contributed by atoms with van der Waals surface area (Å²) in [6, 6.07) is 4.88. The van der Waals surface area contributed by atoms with Crippen molar-refractivity contribution >= 4 is 0 Å². The Morgan fingerprint density at radius 3 is 1.93 bits per heavy atom. The van der Waals surface area contributed by atoms with Crippen molar-refractivity contribution in [2.45, 2.75) is 43.0 Å². The van der Waals surface area contributed by atoms with Gasteiger partial charge in [0.25, 0.3) is 0 Å². The van der Waals surface area contributed by atoms with Crippen molar-refractivity contribution in [3.8, 4) is 34.5 Å². The molecule has 1 heterocycles. The van der Waals surface area contributed by atoms with Gasteiger partial charge in [0.2, 0.25) is 11.5 Å². The van der Waals surface area contributed by atoms with Gasteiger partial charge in [0.05, 0.1) is 41.7 Å². The van der Waals surface area contributed by atoms with Crippen LogP contribution in [0.15, 0.2) is 18.2 Å². The minimum atomic E-state index is -1.63. The highest BCUT2D eigenvalue weighted by Crippen LogP contribution is 2.54. The molecular weight excluding hydrogens is 544 g/mol. The number of aromatic hydroxyl groups is 2. The number of phenols is 2. The van der Waals surface area contributed by atoms with Crippen molar-refractivity contribution in [3.63, 3.8) is 0 Å². The molecule has 8 atom stereocenters. The summed E-state index contributed by atoms with van der Waals surface area (Å²) in [5.74, 6) is -1.51. The van der Waals surface area contributed by atoms with Gasteiger partial charge in [-0.1, -0.05) is 0 Å². The fourth-order valence-electron chi connectivity index (χ4n) is 5.83. The van der Waals surface area contributed by atoms with Crippen LogP contribution >= 0.6 is 0 Å². The number of aliphatic hydroxyl groups is 5. The standard InChI is InChI=1S/C28H38O13/c1-36-16-7-13(8-17(37-2)22(16)31)20-15(11-40-28-26(35)25(34)23(32)19(10-30)41-28)14(9-29)5-12-6-18(38-3)24(33)27(39-4)21(12)20/h6-8,14-15,19-20,23,25-26,28-35H,5,9-11H2,1-4H3/t14-,15+,19?,20+,23?,25?,26?,28?/m1/s1. The normalized spacial score (nSPS) is 29.5. The van der Waals surface area contributed by atoms with Crippen molar-refractivity contribution < 1.29 is 64.2 Å². The molecule has 1 saturated heterocycles. The Balaban J connectivity index is 1.85. The molecular formula is C28H38O13. The van der Waals surface area contributed by atoms with Crippen LogP contribution in [-0.4, -0.2) is 115 Å². The number of fused-ring (bicyclic) bond motifs is 1. The van der Waals surface area contributed by atoms with Crippen molar-refractivity contribution in [3.05, 3.63) is 34.9 Å². The van der Waals surface area contributed by atoms with Gasteiger partial charge in [-0.2, -0.15) is 0 Å². The maximum Gasteiger partial charge on any atom is 0.201 e. The van der Waals surface area contributed by atoms with Crippen LogP contribution in [0.3, 0.4) is 0 Å². The fourth-order valence-corrected chi connectivity index (χ4v) is 5.83. The molecule has 1 aliphatic heterocycles. The van der Waals surface area contributed by atoms with Crippen LogP contribution in [0.5, 0.6) is 34.5 Å². The first-order valence-corrected chi connectivity index (χ1v) is 13.1. The first-order valence-electron chi connectivity index (χ1n) is 13.1. The molecule has 2 aromatic rings. The second kappa shape index (κ2) is 12.9. The van der Waals surface area contributed by atoms with Gasteiger partial charge in [-0.15, -0.1) is 0 Å². The summed E-state index contributed by atoms with van der Waals surface area (Å²) in [6.07, 6.45) is -7.02. The minimum absolute atomic E-state index is 0.123. The third-order valence-electron chi connectivity index (χ3n) is 7.99. The minimum Gasteiger partial charge on any atom is -0.502 e. The number of methoxy groups -OCH3 is 4. The summed E-state index contributed by atoms with van der Waals surface area (Å²) >= 11 is 0. The zero-order valence-electron chi connectivity index (χ0n) is 23.3. The predicted octanol–water partition coefficient (Wildman–Crippen LogP) is -0.139. The topological polar surface area (TPSA) is 197 Å². The number of phenolic OH excluding ortho intramolecular Hbond substituents is 2. The number of ether oxygens (including phenoxy) is 6.